The molecule has 0 aromatic heterocycles. The molecule has 0 saturated carbocycles. The van der Waals surface area contributed by atoms with Crippen molar-refractivity contribution >= 4 is 11.6 Å². The predicted molar refractivity (Wildman–Crippen MR) is 101 cm³/mol. The van der Waals surface area contributed by atoms with Crippen molar-refractivity contribution in [1.29, 1.82) is 0 Å². The zero-order valence-corrected chi connectivity index (χ0v) is 14.6. The summed E-state index contributed by atoms with van der Waals surface area (Å²) in [5, 5.41) is 17.4. The Morgan fingerprint density at radius 2 is 1.84 bits per heavy atom. The fraction of sp³-hybridized carbons (Fsp3) is 0.316. The molecule has 2 aromatic carbocycles. The van der Waals surface area contributed by atoms with E-state index in [1.165, 1.54) is 17.7 Å². The highest BCUT2D eigenvalue weighted by molar-refractivity contribution is 5.80. The molecule has 6 nitrogen and oxygen atoms in total. The first kappa shape index (κ1) is 18.4. The number of hydrogen-bond acceptors (Lipinski definition) is 3. The average Bonchev–Trinajstić information content (AvgIpc) is 2.64. The first-order chi connectivity index (χ1) is 12.1. The van der Waals surface area contributed by atoms with Crippen molar-refractivity contribution < 1.29 is 4.92 Å². The van der Waals surface area contributed by atoms with E-state index in [9.17, 15) is 10.1 Å². The van der Waals surface area contributed by atoms with E-state index in [0.29, 0.717) is 6.54 Å². The monoisotopic (exact) mass is 340 g/mol. The molecule has 0 saturated heterocycles. The van der Waals surface area contributed by atoms with Gasteiger partial charge in [-0.3, -0.25) is 10.1 Å². The van der Waals surface area contributed by atoms with Crippen molar-refractivity contribution in [3.63, 3.8) is 0 Å². The van der Waals surface area contributed by atoms with Gasteiger partial charge in [0.2, 0.25) is 0 Å². The summed E-state index contributed by atoms with van der Waals surface area (Å²) in [6.45, 7) is 5.47. The normalized spacial score (nSPS) is 12.5. The van der Waals surface area contributed by atoms with Crippen molar-refractivity contribution in [2.24, 2.45) is 4.99 Å². The van der Waals surface area contributed by atoms with Gasteiger partial charge in [0.15, 0.2) is 5.96 Å². The summed E-state index contributed by atoms with van der Waals surface area (Å²) in [6, 6.07) is 16.8. The van der Waals surface area contributed by atoms with Crippen LogP contribution in [0, 0.1) is 10.1 Å². The maximum Gasteiger partial charge on any atom is 0.269 e. The summed E-state index contributed by atoms with van der Waals surface area (Å²) >= 11 is 0. The summed E-state index contributed by atoms with van der Waals surface area (Å²) in [6.07, 6.45) is 0.998. The third-order valence-corrected chi connectivity index (χ3v) is 3.76. The average molecular weight is 340 g/mol. The van der Waals surface area contributed by atoms with Gasteiger partial charge in [-0.1, -0.05) is 49.4 Å². The molecule has 0 radical (unpaired) electrons. The lowest BCUT2D eigenvalue weighted by Gasteiger charge is -2.18. The third-order valence-electron chi connectivity index (χ3n) is 3.76. The van der Waals surface area contributed by atoms with Crippen molar-refractivity contribution in [3.8, 4) is 0 Å². The number of nitro benzene ring substituents is 1. The number of nitrogens with one attached hydrogen (secondary N) is 2. The molecule has 0 bridgehead atoms. The van der Waals surface area contributed by atoms with Crippen LogP contribution in [0.2, 0.25) is 0 Å². The van der Waals surface area contributed by atoms with E-state index < -0.39 is 4.92 Å². The van der Waals surface area contributed by atoms with Crippen LogP contribution in [0.4, 0.5) is 5.69 Å². The number of nitrogens with zero attached hydrogens (tertiary/aromatic N) is 2. The maximum absolute atomic E-state index is 10.7. The van der Waals surface area contributed by atoms with E-state index in [2.05, 4.69) is 41.6 Å². The predicted octanol–water partition coefficient (Wildman–Crippen LogP) is 3.80. The Bertz CT molecular complexity index is 699. The molecule has 0 heterocycles. The Morgan fingerprint density at radius 1 is 1.16 bits per heavy atom. The molecule has 132 valence electrons. The summed E-state index contributed by atoms with van der Waals surface area (Å²) < 4.78 is 0. The number of rotatable bonds is 7. The summed E-state index contributed by atoms with van der Waals surface area (Å²) in [7, 11) is 0. The standard InChI is InChI=1S/C19H24N4O2/c1-3-13-20-19(22-15(2)17-7-5-4-6-8-17)21-14-16-9-11-18(12-10-16)23(24)25/h4-12,15H,3,13-14H2,1-2H3,(H2,20,21,22). The number of benzene rings is 2. The van der Waals surface area contributed by atoms with Gasteiger partial charge in [-0.05, 0) is 24.5 Å². The first-order valence-corrected chi connectivity index (χ1v) is 8.43. The molecule has 0 aliphatic heterocycles. The van der Waals surface area contributed by atoms with Gasteiger partial charge in [0.05, 0.1) is 17.5 Å². The first-order valence-electron chi connectivity index (χ1n) is 8.43. The molecule has 2 aromatic rings. The lowest BCUT2D eigenvalue weighted by Crippen LogP contribution is -2.39. The maximum atomic E-state index is 10.7. The van der Waals surface area contributed by atoms with Gasteiger partial charge in [-0.15, -0.1) is 0 Å². The van der Waals surface area contributed by atoms with E-state index >= 15 is 0 Å². The molecule has 2 rings (SSSR count). The van der Waals surface area contributed by atoms with Crippen LogP contribution in [0.25, 0.3) is 0 Å². The third kappa shape index (κ3) is 5.91. The summed E-state index contributed by atoms with van der Waals surface area (Å²) in [5.74, 6) is 0.733. The van der Waals surface area contributed by atoms with Crippen LogP contribution in [0.15, 0.2) is 59.6 Å². The quantitative estimate of drug-likeness (QED) is 0.348. The van der Waals surface area contributed by atoms with Gasteiger partial charge in [0.1, 0.15) is 0 Å². The van der Waals surface area contributed by atoms with Gasteiger partial charge in [-0.2, -0.15) is 0 Å². The molecule has 0 aliphatic carbocycles. The van der Waals surface area contributed by atoms with E-state index in [4.69, 9.17) is 0 Å². The molecular formula is C19H24N4O2. The Balaban J connectivity index is 2.05. The van der Waals surface area contributed by atoms with Crippen molar-refractivity contribution in [1.82, 2.24) is 10.6 Å². The number of nitro groups is 1. The number of guanidine groups is 1. The largest absolute Gasteiger partial charge is 0.356 e. The fourth-order valence-electron chi connectivity index (χ4n) is 2.32. The van der Waals surface area contributed by atoms with Gasteiger partial charge in [0, 0.05) is 18.7 Å². The zero-order valence-electron chi connectivity index (χ0n) is 14.6. The minimum atomic E-state index is -0.398. The fourth-order valence-corrected chi connectivity index (χ4v) is 2.32. The second-order valence-corrected chi connectivity index (χ2v) is 5.79. The molecule has 2 N–H and O–H groups in total. The van der Waals surface area contributed by atoms with Crippen molar-refractivity contribution in [2.75, 3.05) is 6.54 Å². The van der Waals surface area contributed by atoms with E-state index in [1.807, 2.05) is 18.2 Å². The van der Waals surface area contributed by atoms with E-state index in [1.54, 1.807) is 12.1 Å². The molecule has 1 atom stereocenters. The van der Waals surface area contributed by atoms with Crippen LogP contribution in [-0.2, 0) is 6.54 Å². The second kappa shape index (κ2) is 9.42. The van der Waals surface area contributed by atoms with Crippen molar-refractivity contribution in [2.45, 2.75) is 32.9 Å². The summed E-state index contributed by atoms with van der Waals surface area (Å²) in [4.78, 5) is 14.9. The summed E-state index contributed by atoms with van der Waals surface area (Å²) in [5.41, 5.74) is 2.20. The SMILES string of the molecule is CCCNC(=NCc1ccc([N+](=O)[O-])cc1)NC(C)c1ccccc1. The molecule has 0 fully saturated rings. The van der Waals surface area contributed by atoms with E-state index in [-0.39, 0.29) is 11.7 Å². The van der Waals surface area contributed by atoms with Crippen LogP contribution in [0.1, 0.15) is 37.4 Å². The number of hydrogen-bond donors (Lipinski definition) is 2. The molecule has 0 spiro atoms. The van der Waals surface area contributed by atoms with Crippen LogP contribution < -0.4 is 10.6 Å². The second-order valence-electron chi connectivity index (χ2n) is 5.79. The van der Waals surface area contributed by atoms with E-state index in [0.717, 1.165) is 24.5 Å². The van der Waals surface area contributed by atoms with Gasteiger partial charge in [0.25, 0.3) is 5.69 Å². The van der Waals surface area contributed by atoms with Crippen LogP contribution >= 0.6 is 0 Å². The van der Waals surface area contributed by atoms with Crippen molar-refractivity contribution in [3.05, 3.63) is 75.8 Å². The Hall–Kier alpha value is -2.89. The molecule has 25 heavy (non-hydrogen) atoms. The minimum absolute atomic E-state index is 0.0906. The molecule has 0 amide bonds. The number of non-ortho nitro benzene ring substituents is 1. The van der Waals surface area contributed by atoms with Gasteiger partial charge < -0.3 is 10.6 Å². The molecular weight excluding hydrogens is 316 g/mol. The van der Waals surface area contributed by atoms with Gasteiger partial charge >= 0.3 is 0 Å². The molecule has 1 unspecified atom stereocenters. The number of aliphatic imine (C=N–C) groups is 1. The Kier molecular flexibility index (Phi) is 6.95. The highest BCUT2D eigenvalue weighted by Gasteiger charge is 2.08. The Morgan fingerprint density at radius 3 is 2.44 bits per heavy atom. The lowest BCUT2D eigenvalue weighted by atomic mass is 10.1. The smallest absolute Gasteiger partial charge is 0.269 e. The van der Waals surface area contributed by atoms with Crippen LogP contribution in [0.5, 0.6) is 0 Å². The molecule has 0 aliphatic rings. The van der Waals surface area contributed by atoms with Crippen LogP contribution in [-0.4, -0.2) is 17.4 Å². The van der Waals surface area contributed by atoms with Crippen LogP contribution in [0.3, 0.4) is 0 Å². The highest BCUT2D eigenvalue weighted by Crippen LogP contribution is 2.13. The topological polar surface area (TPSA) is 79.6 Å². The lowest BCUT2D eigenvalue weighted by molar-refractivity contribution is -0.384. The molecule has 6 heteroatoms. The highest BCUT2D eigenvalue weighted by atomic mass is 16.6. The van der Waals surface area contributed by atoms with Gasteiger partial charge in [-0.25, -0.2) is 4.99 Å². The Labute approximate surface area is 148 Å². The minimum Gasteiger partial charge on any atom is -0.356 e. The zero-order chi connectivity index (χ0) is 18.1.